The molecule has 3 atom stereocenters. The average Bonchev–Trinajstić information content (AvgIpc) is 3.23. The maximum Gasteiger partial charge on any atom is 0.272 e. The number of fused-ring (bicyclic) bond motifs is 1. The van der Waals surface area contributed by atoms with Crippen LogP contribution in [-0.2, 0) is 0 Å². The summed E-state index contributed by atoms with van der Waals surface area (Å²) in [5.74, 6) is 1.09. The summed E-state index contributed by atoms with van der Waals surface area (Å²) in [6.07, 6.45) is 3.17. The van der Waals surface area contributed by atoms with E-state index in [0.29, 0.717) is 17.5 Å². The van der Waals surface area contributed by atoms with E-state index < -0.39 is 0 Å². The van der Waals surface area contributed by atoms with Crippen molar-refractivity contribution in [3.05, 3.63) is 54.1 Å². The molecule has 0 aliphatic carbocycles. The van der Waals surface area contributed by atoms with Gasteiger partial charge in [-0.05, 0) is 11.5 Å². The summed E-state index contributed by atoms with van der Waals surface area (Å²) in [7, 11) is 0. The van der Waals surface area contributed by atoms with Crippen LogP contribution in [0.15, 0.2) is 42.9 Å². The van der Waals surface area contributed by atoms with Gasteiger partial charge in [0.25, 0.3) is 5.91 Å². The number of hydrogen-bond acceptors (Lipinski definition) is 3. The number of H-pyrrole nitrogens is 1. The second kappa shape index (κ2) is 5.00. The number of carbonyl (C=O) groups is 1. The number of aromatic nitrogens is 2. The van der Waals surface area contributed by atoms with E-state index >= 15 is 0 Å². The number of hydrogen-bond donors (Lipinski definition) is 2. The van der Waals surface area contributed by atoms with Gasteiger partial charge in [0.15, 0.2) is 0 Å². The van der Waals surface area contributed by atoms with Gasteiger partial charge in [-0.2, -0.15) is 0 Å². The lowest BCUT2D eigenvalue weighted by Crippen LogP contribution is -2.34. The fourth-order valence-corrected chi connectivity index (χ4v) is 3.73. The molecule has 0 unspecified atom stereocenters. The quantitative estimate of drug-likeness (QED) is 0.876. The van der Waals surface area contributed by atoms with Gasteiger partial charge in [-0.15, -0.1) is 0 Å². The third-order valence-electron chi connectivity index (χ3n) is 4.70. The molecule has 1 amide bonds. The highest BCUT2D eigenvalue weighted by molar-refractivity contribution is 5.92. The Hall–Kier alpha value is -2.14. The van der Waals surface area contributed by atoms with Crippen molar-refractivity contribution in [2.45, 2.75) is 6.04 Å². The second-order valence-corrected chi connectivity index (χ2v) is 5.86. The third kappa shape index (κ3) is 2.05. The second-order valence-electron chi connectivity index (χ2n) is 5.86. The molecule has 2 aliphatic rings. The van der Waals surface area contributed by atoms with Crippen LogP contribution in [0.4, 0.5) is 0 Å². The van der Waals surface area contributed by atoms with Crippen LogP contribution >= 0.6 is 0 Å². The molecule has 1 aromatic heterocycles. The minimum atomic E-state index is 0.0516. The predicted molar refractivity (Wildman–Crippen MR) is 78.7 cm³/mol. The molecule has 2 aliphatic heterocycles. The van der Waals surface area contributed by atoms with Gasteiger partial charge in [0.05, 0.1) is 18.6 Å². The molecule has 0 radical (unpaired) electrons. The lowest BCUT2D eigenvalue weighted by atomic mass is 9.89. The molecule has 0 bridgehead atoms. The number of nitrogens with one attached hydrogen (secondary N) is 2. The molecule has 2 fully saturated rings. The van der Waals surface area contributed by atoms with Gasteiger partial charge in [0.1, 0.15) is 5.69 Å². The normalized spacial score (nSPS) is 27.8. The summed E-state index contributed by atoms with van der Waals surface area (Å²) in [6, 6.07) is 10.5. The number of imidazole rings is 1. The first-order valence-corrected chi connectivity index (χ1v) is 7.39. The number of benzene rings is 1. The third-order valence-corrected chi connectivity index (χ3v) is 4.70. The number of carbonyl (C=O) groups excluding carboxylic acids is 1. The molecule has 2 N–H and O–H groups in total. The Kier molecular flexibility index (Phi) is 3.00. The zero-order valence-corrected chi connectivity index (χ0v) is 11.7. The summed E-state index contributed by atoms with van der Waals surface area (Å²) in [6.45, 7) is 2.80. The van der Waals surface area contributed by atoms with E-state index in [0.717, 1.165) is 19.6 Å². The van der Waals surface area contributed by atoms with Crippen LogP contribution in [0.25, 0.3) is 0 Å². The van der Waals surface area contributed by atoms with Gasteiger partial charge in [-0.25, -0.2) is 4.98 Å². The lowest BCUT2D eigenvalue weighted by Gasteiger charge is -2.28. The Balaban J connectivity index is 1.70. The van der Waals surface area contributed by atoms with Crippen molar-refractivity contribution >= 4 is 5.91 Å². The van der Waals surface area contributed by atoms with E-state index in [2.05, 4.69) is 27.4 Å². The fourth-order valence-electron chi connectivity index (χ4n) is 3.73. The topological polar surface area (TPSA) is 61.0 Å². The van der Waals surface area contributed by atoms with E-state index in [-0.39, 0.29) is 11.9 Å². The van der Waals surface area contributed by atoms with Crippen molar-refractivity contribution in [3.8, 4) is 0 Å². The highest BCUT2D eigenvalue weighted by Crippen LogP contribution is 2.42. The van der Waals surface area contributed by atoms with Crippen LogP contribution in [0.1, 0.15) is 22.1 Å². The number of aromatic amines is 1. The molecule has 2 saturated heterocycles. The number of nitrogens with zero attached hydrogens (tertiary/aromatic N) is 2. The van der Waals surface area contributed by atoms with Crippen LogP contribution in [-0.4, -0.2) is 40.4 Å². The van der Waals surface area contributed by atoms with E-state index in [1.165, 1.54) is 5.56 Å². The molecular formula is C16H18N4O. The molecule has 0 saturated carbocycles. The average molecular weight is 282 g/mol. The molecule has 5 heteroatoms. The maximum atomic E-state index is 12.8. The highest BCUT2D eigenvalue weighted by atomic mass is 16.2. The van der Waals surface area contributed by atoms with Gasteiger partial charge in [0, 0.05) is 25.6 Å². The fraction of sp³-hybridized carbons (Fsp3) is 0.375. The minimum absolute atomic E-state index is 0.0516. The monoisotopic (exact) mass is 282 g/mol. The Bertz CT molecular complexity index is 625. The molecule has 0 spiro atoms. The first-order chi connectivity index (χ1) is 10.3. The van der Waals surface area contributed by atoms with Crippen molar-refractivity contribution in [1.29, 1.82) is 0 Å². The Morgan fingerprint density at radius 3 is 2.86 bits per heavy atom. The van der Waals surface area contributed by atoms with Crippen LogP contribution < -0.4 is 5.32 Å². The van der Waals surface area contributed by atoms with Crippen molar-refractivity contribution < 1.29 is 4.79 Å². The van der Waals surface area contributed by atoms with Gasteiger partial charge in [-0.1, -0.05) is 30.3 Å². The van der Waals surface area contributed by atoms with Gasteiger partial charge in [-0.3, -0.25) is 4.79 Å². The molecule has 3 heterocycles. The van der Waals surface area contributed by atoms with Gasteiger partial charge >= 0.3 is 0 Å². The van der Waals surface area contributed by atoms with Crippen LogP contribution in [0.2, 0.25) is 0 Å². The first kappa shape index (κ1) is 12.6. The number of likely N-dealkylation sites (tertiary alicyclic amines) is 1. The highest BCUT2D eigenvalue weighted by Gasteiger charge is 2.46. The molecule has 5 nitrogen and oxygen atoms in total. The van der Waals surface area contributed by atoms with Crippen molar-refractivity contribution in [3.63, 3.8) is 0 Å². The summed E-state index contributed by atoms with van der Waals surface area (Å²) < 4.78 is 0. The summed E-state index contributed by atoms with van der Waals surface area (Å²) in [5.41, 5.74) is 1.80. The van der Waals surface area contributed by atoms with Crippen molar-refractivity contribution in [1.82, 2.24) is 20.2 Å². The van der Waals surface area contributed by atoms with Crippen LogP contribution in [0.3, 0.4) is 0 Å². The molecular weight excluding hydrogens is 264 g/mol. The lowest BCUT2D eigenvalue weighted by molar-refractivity contribution is 0.0708. The smallest absolute Gasteiger partial charge is 0.272 e. The van der Waals surface area contributed by atoms with Crippen LogP contribution in [0.5, 0.6) is 0 Å². The molecule has 1 aromatic carbocycles. The molecule has 4 rings (SSSR count). The zero-order valence-electron chi connectivity index (χ0n) is 11.7. The van der Waals surface area contributed by atoms with Gasteiger partial charge < -0.3 is 15.2 Å². The molecule has 21 heavy (non-hydrogen) atoms. The summed E-state index contributed by atoms with van der Waals surface area (Å²) in [5, 5.41) is 3.46. The summed E-state index contributed by atoms with van der Waals surface area (Å²) in [4.78, 5) is 21.7. The van der Waals surface area contributed by atoms with E-state index in [9.17, 15) is 4.79 Å². The molecule has 108 valence electrons. The van der Waals surface area contributed by atoms with E-state index in [1.807, 2.05) is 23.1 Å². The SMILES string of the molecule is O=C(c1cnc[nH]1)N1C[C@@H]2CNC[C@@H]2[C@@H]1c1ccccc1. The molecule has 2 aromatic rings. The first-order valence-electron chi connectivity index (χ1n) is 7.39. The Morgan fingerprint density at radius 1 is 1.24 bits per heavy atom. The standard InChI is InChI=1S/C16H18N4O/c21-16(14-8-18-10-19-14)20-9-12-6-17-7-13(12)15(20)11-4-2-1-3-5-11/h1-5,8,10,12-13,15,17H,6-7,9H2,(H,18,19)/t12-,13-,15-/m0/s1. The van der Waals surface area contributed by atoms with Crippen molar-refractivity contribution in [2.24, 2.45) is 11.8 Å². The minimum Gasteiger partial charge on any atom is -0.341 e. The zero-order chi connectivity index (χ0) is 14.2. The van der Waals surface area contributed by atoms with E-state index in [1.54, 1.807) is 12.5 Å². The Morgan fingerprint density at radius 2 is 2.10 bits per heavy atom. The Labute approximate surface area is 123 Å². The van der Waals surface area contributed by atoms with Gasteiger partial charge in [0.2, 0.25) is 0 Å². The maximum absolute atomic E-state index is 12.8. The number of amides is 1. The van der Waals surface area contributed by atoms with Crippen LogP contribution in [0, 0.1) is 11.8 Å². The van der Waals surface area contributed by atoms with Crippen molar-refractivity contribution in [2.75, 3.05) is 19.6 Å². The predicted octanol–water partition coefficient (Wildman–Crippen LogP) is 1.44. The largest absolute Gasteiger partial charge is 0.341 e. The number of rotatable bonds is 2. The van der Waals surface area contributed by atoms with E-state index in [4.69, 9.17) is 0 Å². The summed E-state index contributed by atoms with van der Waals surface area (Å²) >= 11 is 0.